The lowest BCUT2D eigenvalue weighted by atomic mass is 10.3. The molecule has 0 fully saturated rings. The standard InChI is InChI=1S/C10H8FN3O2/c1-6(15)9-10(13-14-12-9)16-8-4-2-7(11)3-5-8/h2-5H,1H3,(H,12,13,14). The summed E-state index contributed by atoms with van der Waals surface area (Å²) in [6.07, 6.45) is 0. The molecule has 0 amide bonds. The highest BCUT2D eigenvalue weighted by atomic mass is 19.1. The van der Waals surface area contributed by atoms with Gasteiger partial charge in [0.15, 0.2) is 11.5 Å². The first kappa shape index (κ1) is 10.3. The molecule has 0 unspecified atom stereocenters. The zero-order valence-electron chi connectivity index (χ0n) is 8.40. The molecule has 0 aliphatic rings. The average molecular weight is 221 g/mol. The van der Waals surface area contributed by atoms with E-state index >= 15 is 0 Å². The summed E-state index contributed by atoms with van der Waals surface area (Å²) in [4.78, 5) is 11.1. The van der Waals surface area contributed by atoms with E-state index in [0.29, 0.717) is 5.75 Å². The topological polar surface area (TPSA) is 67.9 Å². The zero-order chi connectivity index (χ0) is 11.5. The van der Waals surface area contributed by atoms with Gasteiger partial charge in [-0.1, -0.05) is 10.3 Å². The van der Waals surface area contributed by atoms with Gasteiger partial charge in [-0.15, -0.1) is 0 Å². The molecule has 0 atom stereocenters. The molecule has 1 aromatic carbocycles. The number of carbonyl (C=O) groups is 1. The predicted octanol–water partition coefficient (Wildman–Crippen LogP) is 1.94. The summed E-state index contributed by atoms with van der Waals surface area (Å²) in [5.74, 6) is -0.127. The van der Waals surface area contributed by atoms with Crippen LogP contribution in [-0.2, 0) is 0 Å². The maximum atomic E-state index is 12.6. The first-order valence-corrected chi connectivity index (χ1v) is 4.52. The van der Waals surface area contributed by atoms with Gasteiger partial charge in [-0.2, -0.15) is 0 Å². The summed E-state index contributed by atoms with van der Waals surface area (Å²) < 4.78 is 17.9. The van der Waals surface area contributed by atoms with Gasteiger partial charge in [0, 0.05) is 6.92 Å². The number of ketones is 1. The number of benzene rings is 1. The largest absolute Gasteiger partial charge is 0.436 e. The molecule has 82 valence electrons. The maximum Gasteiger partial charge on any atom is 0.269 e. The van der Waals surface area contributed by atoms with Crippen molar-refractivity contribution in [3.63, 3.8) is 0 Å². The van der Waals surface area contributed by atoms with E-state index in [1.165, 1.54) is 31.2 Å². The molecular formula is C10H8FN3O2. The summed E-state index contributed by atoms with van der Waals surface area (Å²) in [5, 5.41) is 9.50. The second-order valence-electron chi connectivity index (χ2n) is 3.10. The van der Waals surface area contributed by atoms with Gasteiger partial charge in [-0.25, -0.2) is 4.39 Å². The molecule has 0 bridgehead atoms. The summed E-state index contributed by atoms with van der Waals surface area (Å²) in [5.41, 5.74) is 0.185. The van der Waals surface area contributed by atoms with Gasteiger partial charge >= 0.3 is 0 Å². The molecule has 1 heterocycles. The fraction of sp³-hybridized carbons (Fsp3) is 0.100. The van der Waals surface area contributed by atoms with Crippen LogP contribution < -0.4 is 4.74 Å². The van der Waals surface area contributed by atoms with Crippen LogP contribution in [0.5, 0.6) is 11.6 Å². The number of hydrogen-bond acceptors (Lipinski definition) is 4. The van der Waals surface area contributed by atoms with Crippen molar-refractivity contribution >= 4 is 5.78 Å². The molecule has 16 heavy (non-hydrogen) atoms. The molecular weight excluding hydrogens is 213 g/mol. The first-order valence-electron chi connectivity index (χ1n) is 4.52. The van der Waals surface area contributed by atoms with Crippen molar-refractivity contribution < 1.29 is 13.9 Å². The van der Waals surface area contributed by atoms with Crippen LogP contribution in [0.3, 0.4) is 0 Å². The van der Waals surface area contributed by atoms with Crippen molar-refractivity contribution in [1.82, 2.24) is 15.4 Å². The first-order chi connectivity index (χ1) is 7.66. The molecule has 2 aromatic rings. The van der Waals surface area contributed by atoms with Crippen molar-refractivity contribution in [3.05, 3.63) is 35.8 Å². The number of aromatic nitrogens is 3. The second kappa shape index (κ2) is 4.09. The minimum absolute atomic E-state index is 0.0825. The van der Waals surface area contributed by atoms with Crippen LogP contribution >= 0.6 is 0 Å². The van der Waals surface area contributed by atoms with E-state index in [1.54, 1.807) is 0 Å². The second-order valence-corrected chi connectivity index (χ2v) is 3.10. The van der Waals surface area contributed by atoms with Crippen LogP contribution in [0.15, 0.2) is 24.3 Å². The van der Waals surface area contributed by atoms with Crippen molar-refractivity contribution in [2.75, 3.05) is 0 Å². The highest BCUT2D eigenvalue weighted by Crippen LogP contribution is 2.21. The Morgan fingerprint density at radius 2 is 2.06 bits per heavy atom. The number of H-pyrrole nitrogens is 1. The Kier molecular flexibility index (Phi) is 2.63. The predicted molar refractivity (Wildman–Crippen MR) is 52.9 cm³/mol. The molecule has 0 saturated heterocycles. The Hall–Kier alpha value is -2.24. The number of ether oxygens (including phenoxy) is 1. The van der Waals surface area contributed by atoms with E-state index < -0.39 is 0 Å². The third-order valence-electron chi connectivity index (χ3n) is 1.90. The Bertz CT molecular complexity index is 507. The summed E-state index contributed by atoms with van der Waals surface area (Å²) in [6.45, 7) is 1.37. The molecule has 6 heteroatoms. The monoisotopic (exact) mass is 221 g/mol. The van der Waals surface area contributed by atoms with Crippen molar-refractivity contribution in [2.24, 2.45) is 0 Å². The average Bonchev–Trinajstić information content (AvgIpc) is 2.69. The van der Waals surface area contributed by atoms with Crippen molar-refractivity contribution in [1.29, 1.82) is 0 Å². The van der Waals surface area contributed by atoms with Crippen molar-refractivity contribution in [2.45, 2.75) is 6.92 Å². The van der Waals surface area contributed by atoms with Crippen LogP contribution in [-0.4, -0.2) is 21.2 Å². The number of nitrogens with zero attached hydrogens (tertiary/aromatic N) is 2. The van der Waals surface area contributed by atoms with E-state index in [9.17, 15) is 9.18 Å². The van der Waals surface area contributed by atoms with Gasteiger partial charge in [0.05, 0.1) is 0 Å². The van der Waals surface area contributed by atoms with Gasteiger partial charge in [0.2, 0.25) is 0 Å². The molecule has 0 aliphatic carbocycles. The molecule has 0 spiro atoms. The molecule has 5 nitrogen and oxygen atoms in total. The number of Topliss-reactive ketones (excluding diaryl/α,β-unsaturated/α-hetero) is 1. The Morgan fingerprint density at radius 1 is 1.38 bits per heavy atom. The number of nitrogens with one attached hydrogen (secondary N) is 1. The Morgan fingerprint density at radius 3 is 2.69 bits per heavy atom. The summed E-state index contributed by atoms with van der Waals surface area (Å²) in [7, 11) is 0. The van der Waals surface area contributed by atoms with Crippen LogP contribution in [0.25, 0.3) is 0 Å². The van der Waals surface area contributed by atoms with E-state index in [-0.39, 0.29) is 23.2 Å². The summed E-state index contributed by atoms with van der Waals surface area (Å²) >= 11 is 0. The number of rotatable bonds is 3. The zero-order valence-corrected chi connectivity index (χ0v) is 8.40. The molecule has 0 aliphatic heterocycles. The van der Waals surface area contributed by atoms with Gasteiger partial charge < -0.3 is 4.74 Å². The van der Waals surface area contributed by atoms with Crippen LogP contribution in [0.2, 0.25) is 0 Å². The Balaban J connectivity index is 2.23. The van der Waals surface area contributed by atoms with Gasteiger partial charge in [-0.05, 0) is 24.3 Å². The van der Waals surface area contributed by atoms with Crippen LogP contribution in [0.4, 0.5) is 4.39 Å². The number of halogens is 1. The number of hydrogen-bond donors (Lipinski definition) is 1. The lowest BCUT2D eigenvalue weighted by Crippen LogP contribution is -1.96. The third kappa shape index (κ3) is 2.05. The lowest BCUT2D eigenvalue weighted by Gasteiger charge is -2.02. The van der Waals surface area contributed by atoms with Gasteiger partial charge in [-0.3, -0.25) is 9.89 Å². The minimum Gasteiger partial charge on any atom is -0.436 e. The summed E-state index contributed by atoms with van der Waals surface area (Å²) in [6, 6.07) is 5.38. The quantitative estimate of drug-likeness (QED) is 0.804. The van der Waals surface area contributed by atoms with Gasteiger partial charge in [0.1, 0.15) is 11.6 Å². The van der Waals surface area contributed by atoms with E-state index in [2.05, 4.69) is 15.4 Å². The van der Waals surface area contributed by atoms with E-state index in [1.807, 2.05) is 0 Å². The third-order valence-corrected chi connectivity index (χ3v) is 1.90. The minimum atomic E-state index is -0.362. The highest BCUT2D eigenvalue weighted by molar-refractivity contribution is 5.94. The normalized spacial score (nSPS) is 10.1. The molecule has 1 aromatic heterocycles. The number of aromatic amines is 1. The maximum absolute atomic E-state index is 12.6. The van der Waals surface area contributed by atoms with Gasteiger partial charge in [0.25, 0.3) is 5.88 Å². The molecule has 1 N–H and O–H groups in total. The van der Waals surface area contributed by atoms with E-state index in [4.69, 9.17) is 4.74 Å². The lowest BCUT2D eigenvalue weighted by molar-refractivity contribution is 0.101. The van der Waals surface area contributed by atoms with Crippen molar-refractivity contribution in [3.8, 4) is 11.6 Å². The fourth-order valence-electron chi connectivity index (χ4n) is 1.13. The van der Waals surface area contributed by atoms with Crippen LogP contribution in [0.1, 0.15) is 17.4 Å². The molecule has 0 radical (unpaired) electrons. The Labute approximate surface area is 90.2 Å². The molecule has 2 rings (SSSR count). The highest BCUT2D eigenvalue weighted by Gasteiger charge is 2.13. The fourth-order valence-corrected chi connectivity index (χ4v) is 1.13. The SMILES string of the molecule is CC(=O)c1[nH]nnc1Oc1ccc(F)cc1. The van der Waals surface area contributed by atoms with E-state index in [0.717, 1.165) is 0 Å². The number of carbonyl (C=O) groups excluding carboxylic acids is 1. The smallest absolute Gasteiger partial charge is 0.269 e. The molecule has 0 saturated carbocycles. The van der Waals surface area contributed by atoms with Crippen LogP contribution in [0, 0.1) is 5.82 Å².